The summed E-state index contributed by atoms with van der Waals surface area (Å²) < 4.78 is 11.1. The van der Waals surface area contributed by atoms with Crippen molar-refractivity contribution in [3.8, 4) is 0 Å². The van der Waals surface area contributed by atoms with Crippen LogP contribution in [0.2, 0.25) is 0 Å². The Morgan fingerprint density at radius 1 is 1.47 bits per heavy atom. The lowest BCUT2D eigenvalue weighted by Gasteiger charge is -2.10. The number of aromatic nitrogens is 2. The van der Waals surface area contributed by atoms with Crippen molar-refractivity contribution in [2.45, 2.75) is 19.6 Å². The minimum atomic E-state index is -0.654. The Morgan fingerprint density at radius 3 is 2.53 bits per heavy atom. The summed E-state index contributed by atoms with van der Waals surface area (Å²) in [6.07, 6.45) is -0.173. The molecule has 0 aliphatic carbocycles. The van der Waals surface area contributed by atoms with Gasteiger partial charge in [0.25, 0.3) is 5.91 Å². The van der Waals surface area contributed by atoms with Gasteiger partial charge in [0.05, 0.1) is 26.8 Å². The second kappa shape index (κ2) is 6.30. The quantitative estimate of drug-likeness (QED) is 0.620. The molecule has 1 heterocycles. The van der Waals surface area contributed by atoms with Crippen LogP contribution in [0, 0.1) is 0 Å². The largest absolute Gasteiger partial charge is 0.464 e. The first-order valence-corrected chi connectivity index (χ1v) is 5.77. The summed E-state index contributed by atoms with van der Waals surface area (Å²) in [7, 11) is 4.49. The third-order valence-corrected chi connectivity index (χ3v) is 2.72. The van der Waals surface area contributed by atoms with Crippen LogP contribution < -0.4 is 11.1 Å². The molecule has 106 valence electrons. The fourth-order valence-electron chi connectivity index (χ4n) is 1.71. The zero-order valence-corrected chi connectivity index (χ0v) is 11.5. The summed E-state index contributed by atoms with van der Waals surface area (Å²) in [5, 5.41) is 5.70. The third-order valence-electron chi connectivity index (χ3n) is 2.72. The number of rotatable bonds is 6. The molecule has 1 atom stereocenters. The van der Waals surface area contributed by atoms with E-state index in [2.05, 4.69) is 9.84 Å². The van der Waals surface area contributed by atoms with Gasteiger partial charge in [-0.05, 0) is 6.92 Å². The lowest BCUT2D eigenvalue weighted by molar-refractivity contribution is -0.539. The first-order valence-electron chi connectivity index (χ1n) is 5.77. The van der Waals surface area contributed by atoms with E-state index in [0.717, 1.165) is 0 Å². The lowest BCUT2D eigenvalue weighted by Crippen LogP contribution is -2.74. The number of carbonyl (C=O) groups is 2. The van der Waals surface area contributed by atoms with Crippen LogP contribution >= 0.6 is 0 Å². The van der Waals surface area contributed by atoms with Crippen LogP contribution in [0.4, 0.5) is 5.69 Å². The second-order valence-corrected chi connectivity index (χ2v) is 3.98. The van der Waals surface area contributed by atoms with E-state index in [1.54, 1.807) is 19.5 Å². The first-order chi connectivity index (χ1) is 8.96. The van der Waals surface area contributed by atoms with Gasteiger partial charge in [-0.3, -0.25) is 9.48 Å². The highest BCUT2D eigenvalue weighted by Gasteiger charge is 2.29. The third kappa shape index (κ3) is 3.09. The van der Waals surface area contributed by atoms with E-state index in [9.17, 15) is 9.59 Å². The number of nitrogens with zero attached hydrogens (tertiary/aromatic N) is 2. The molecular formula is C11H19N4O4+. The van der Waals surface area contributed by atoms with Crippen LogP contribution in [0.3, 0.4) is 0 Å². The van der Waals surface area contributed by atoms with Crippen molar-refractivity contribution >= 4 is 17.6 Å². The van der Waals surface area contributed by atoms with E-state index in [-0.39, 0.29) is 17.5 Å². The molecule has 0 aromatic carbocycles. The maximum atomic E-state index is 11.6. The van der Waals surface area contributed by atoms with Gasteiger partial charge in [0, 0.05) is 7.11 Å². The van der Waals surface area contributed by atoms with Crippen LogP contribution in [0.15, 0.2) is 0 Å². The number of esters is 1. The molecule has 1 amide bonds. The van der Waals surface area contributed by atoms with Crippen molar-refractivity contribution in [1.82, 2.24) is 9.78 Å². The Morgan fingerprint density at radius 2 is 2.11 bits per heavy atom. The summed E-state index contributed by atoms with van der Waals surface area (Å²) in [4.78, 5) is 23.2. The molecule has 4 N–H and O–H groups in total. The number of hydrogen-bond donors (Lipinski definition) is 2. The SMILES string of the molecule is C[NH2+]c1c(C(=O)OC)nn(CC(C)OC)c1C(N)=O. The minimum Gasteiger partial charge on any atom is -0.464 e. The number of methoxy groups -OCH3 is 2. The van der Waals surface area contributed by atoms with Gasteiger partial charge in [0.2, 0.25) is 5.69 Å². The summed E-state index contributed by atoms with van der Waals surface area (Å²) in [6.45, 7) is 2.13. The zero-order chi connectivity index (χ0) is 14.6. The van der Waals surface area contributed by atoms with E-state index < -0.39 is 11.9 Å². The fraction of sp³-hybridized carbons (Fsp3) is 0.545. The number of hydrogen-bond acceptors (Lipinski definition) is 5. The number of nitrogens with two attached hydrogens (primary N) is 2. The Bertz CT molecular complexity index is 483. The standard InChI is InChI=1S/C11H18N4O4/c1-6(18-3)5-15-9(10(12)16)7(13-2)8(14-15)11(17)19-4/h6,13H,5H2,1-4H3,(H2,12,16)/p+1. The van der Waals surface area contributed by atoms with Crippen molar-refractivity contribution in [3.63, 3.8) is 0 Å². The molecule has 0 fully saturated rings. The van der Waals surface area contributed by atoms with Crippen molar-refractivity contribution in [2.24, 2.45) is 5.73 Å². The highest BCUT2D eigenvalue weighted by atomic mass is 16.5. The van der Waals surface area contributed by atoms with E-state index in [0.29, 0.717) is 12.2 Å². The van der Waals surface area contributed by atoms with E-state index >= 15 is 0 Å². The average molecular weight is 271 g/mol. The molecule has 0 spiro atoms. The molecule has 19 heavy (non-hydrogen) atoms. The molecule has 0 radical (unpaired) electrons. The van der Waals surface area contributed by atoms with Crippen molar-refractivity contribution in [1.29, 1.82) is 0 Å². The van der Waals surface area contributed by atoms with Gasteiger partial charge >= 0.3 is 5.97 Å². The maximum Gasteiger partial charge on any atom is 0.364 e. The lowest BCUT2D eigenvalue weighted by atomic mass is 10.2. The van der Waals surface area contributed by atoms with Crippen molar-refractivity contribution in [3.05, 3.63) is 11.4 Å². The zero-order valence-electron chi connectivity index (χ0n) is 11.5. The van der Waals surface area contributed by atoms with Gasteiger partial charge in [0.1, 0.15) is 0 Å². The Balaban J connectivity index is 3.33. The molecule has 1 unspecified atom stereocenters. The predicted molar refractivity (Wildman–Crippen MR) is 66.1 cm³/mol. The van der Waals surface area contributed by atoms with Crippen LogP contribution in [0.1, 0.15) is 27.9 Å². The highest BCUT2D eigenvalue weighted by molar-refractivity contribution is 6.01. The summed E-state index contributed by atoms with van der Waals surface area (Å²) >= 11 is 0. The number of amides is 1. The smallest absolute Gasteiger partial charge is 0.364 e. The molecule has 0 saturated carbocycles. The van der Waals surface area contributed by atoms with Crippen LogP contribution in [-0.4, -0.2) is 49.0 Å². The summed E-state index contributed by atoms with van der Waals surface area (Å²) in [6, 6.07) is 0. The van der Waals surface area contributed by atoms with Crippen LogP contribution in [0.25, 0.3) is 0 Å². The predicted octanol–water partition coefficient (Wildman–Crippen LogP) is -1.37. The van der Waals surface area contributed by atoms with Gasteiger partial charge in [-0.2, -0.15) is 5.10 Å². The summed E-state index contributed by atoms with van der Waals surface area (Å²) in [5.74, 6) is -1.27. The topological polar surface area (TPSA) is 113 Å². The van der Waals surface area contributed by atoms with Crippen molar-refractivity contribution < 1.29 is 24.4 Å². The molecule has 8 nitrogen and oxygen atoms in total. The number of primary amides is 1. The molecule has 1 aromatic heterocycles. The summed E-state index contributed by atoms with van der Waals surface area (Å²) in [5.41, 5.74) is 5.97. The van der Waals surface area contributed by atoms with Gasteiger partial charge in [-0.1, -0.05) is 0 Å². The van der Waals surface area contributed by atoms with Gasteiger partial charge in [-0.15, -0.1) is 0 Å². The minimum absolute atomic E-state index is 0.0714. The maximum absolute atomic E-state index is 11.6. The molecule has 1 rings (SSSR count). The first kappa shape index (κ1) is 15.1. The van der Waals surface area contributed by atoms with E-state index in [1.807, 2.05) is 6.92 Å². The fourth-order valence-corrected chi connectivity index (χ4v) is 1.71. The normalized spacial score (nSPS) is 12.2. The Kier molecular flexibility index (Phi) is 5.02. The molecule has 8 heteroatoms. The monoisotopic (exact) mass is 271 g/mol. The van der Waals surface area contributed by atoms with Crippen LogP contribution in [-0.2, 0) is 16.0 Å². The van der Waals surface area contributed by atoms with E-state index in [1.165, 1.54) is 11.8 Å². The van der Waals surface area contributed by atoms with E-state index in [4.69, 9.17) is 10.5 Å². The molecular weight excluding hydrogens is 252 g/mol. The molecule has 0 aliphatic rings. The highest BCUT2D eigenvalue weighted by Crippen LogP contribution is 2.17. The van der Waals surface area contributed by atoms with Gasteiger partial charge in [0.15, 0.2) is 11.4 Å². The van der Waals surface area contributed by atoms with Gasteiger partial charge < -0.3 is 20.5 Å². The second-order valence-electron chi connectivity index (χ2n) is 3.98. The Labute approximate surface area is 110 Å². The van der Waals surface area contributed by atoms with Crippen LogP contribution in [0.5, 0.6) is 0 Å². The molecule has 0 bridgehead atoms. The Hall–Kier alpha value is -1.93. The number of carbonyl (C=O) groups excluding carboxylic acids is 2. The average Bonchev–Trinajstić information content (AvgIpc) is 2.75. The molecule has 0 saturated heterocycles. The molecule has 1 aromatic rings. The molecule has 0 aliphatic heterocycles. The number of quaternary nitrogens is 1. The number of ether oxygens (including phenoxy) is 2. The van der Waals surface area contributed by atoms with Crippen molar-refractivity contribution in [2.75, 3.05) is 21.3 Å². The van der Waals surface area contributed by atoms with Gasteiger partial charge in [-0.25, -0.2) is 4.79 Å².